The van der Waals surface area contributed by atoms with Gasteiger partial charge in [-0.15, -0.1) is 11.3 Å². The molecule has 12 heteroatoms. The monoisotopic (exact) mass is 640 g/mol. The summed E-state index contributed by atoms with van der Waals surface area (Å²) in [5.41, 5.74) is -1.42. The minimum absolute atomic E-state index is 0.0793. The highest BCUT2D eigenvalue weighted by Gasteiger charge is 2.51. The Morgan fingerprint density at radius 2 is 1.77 bits per heavy atom. The Morgan fingerprint density at radius 1 is 1.00 bits per heavy atom. The number of hydrogen-bond acceptors (Lipinski definition) is 7. The fourth-order valence-corrected chi connectivity index (χ4v) is 7.21. The van der Waals surface area contributed by atoms with E-state index in [9.17, 15) is 26.7 Å². The number of aliphatic hydroxyl groups is 1. The Morgan fingerprint density at radius 3 is 2.50 bits per heavy atom. The second kappa shape index (κ2) is 11.2. The standard InChI is InChI=1S/C32H27F3N2O5S2/c1-31(38,32(33,34)35)21-12-14-37-24(17-21)23-9-5-8-20-16-28(43-30(20)23)29(19-6-3-2-4-7-19)26-13-15-41-27-18-22(44(36,39)40)10-11-25(27)42-26/h2-12,14,16-18,26,29,38H,13,15H2,1H3,(H2,36,39,40)/t26?,29-,31?/m1/s1. The van der Waals surface area contributed by atoms with Gasteiger partial charge in [-0.2, -0.15) is 13.2 Å². The van der Waals surface area contributed by atoms with Crippen LogP contribution in [0.1, 0.15) is 35.3 Å². The number of alkyl halides is 3. The number of benzene rings is 3. The van der Waals surface area contributed by atoms with Gasteiger partial charge in [0.25, 0.3) is 0 Å². The van der Waals surface area contributed by atoms with E-state index in [4.69, 9.17) is 14.6 Å². The van der Waals surface area contributed by atoms with Gasteiger partial charge in [0.05, 0.1) is 23.1 Å². The number of ether oxygens (including phenoxy) is 2. The average Bonchev–Trinajstić information content (AvgIpc) is 3.30. The molecule has 7 nitrogen and oxygen atoms in total. The van der Waals surface area contributed by atoms with Crippen molar-refractivity contribution in [2.45, 2.75) is 42.0 Å². The molecule has 44 heavy (non-hydrogen) atoms. The van der Waals surface area contributed by atoms with E-state index < -0.39 is 27.9 Å². The van der Waals surface area contributed by atoms with E-state index in [-0.39, 0.29) is 28.7 Å². The van der Waals surface area contributed by atoms with Crippen LogP contribution in [0, 0.1) is 0 Å². The van der Waals surface area contributed by atoms with Crippen LogP contribution in [0.4, 0.5) is 13.2 Å². The molecule has 2 unspecified atom stereocenters. The molecule has 3 atom stereocenters. The number of rotatable bonds is 6. The summed E-state index contributed by atoms with van der Waals surface area (Å²) in [6.45, 7) is 0.992. The summed E-state index contributed by atoms with van der Waals surface area (Å²) in [5.74, 6) is 0.407. The zero-order valence-corrected chi connectivity index (χ0v) is 24.9. The number of fused-ring (bicyclic) bond motifs is 2. The first-order chi connectivity index (χ1) is 20.8. The second-order valence-corrected chi connectivity index (χ2v) is 13.4. The zero-order chi connectivity index (χ0) is 31.3. The predicted molar refractivity (Wildman–Crippen MR) is 161 cm³/mol. The lowest BCUT2D eigenvalue weighted by atomic mass is 9.89. The van der Waals surface area contributed by atoms with Gasteiger partial charge >= 0.3 is 6.18 Å². The number of hydrogen-bond donors (Lipinski definition) is 2. The van der Waals surface area contributed by atoms with E-state index >= 15 is 0 Å². The number of nitrogens with zero attached hydrogens (tertiary/aromatic N) is 1. The van der Waals surface area contributed by atoms with Crippen LogP contribution in [0.3, 0.4) is 0 Å². The van der Waals surface area contributed by atoms with Crippen LogP contribution < -0.4 is 14.6 Å². The number of halogens is 3. The van der Waals surface area contributed by atoms with Gasteiger partial charge in [-0.1, -0.05) is 48.5 Å². The summed E-state index contributed by atoms with van der Waals surface area (Å²) in [5, 5.41) is 16.5. The summed E-state index contributed by atoms with van der Waals surface area (Å²) < 4.78 is 77.8. The molecular weight excluding hydrogens is 613 g/mol. The summed E-state index contributed by atoms with van der Waals surface area (Å²) >= 11 is 1.49. The molecule has 1 aliphatic rings. The highest BCUT2D eigenvalue weighted by atomic mass is 32.2. The molecule has 0 amide bonds. The maximum atomic E-state index is 13.6. The first kappa shape index (κ1) is 30.1. The van der Waals surface area contributed by atoms with E-state index in [1.54, 1.807) is 6.07 Å². The number of primary sulfonamides is 1. The third-order valence-electron chi connectivity index (χ3n) is 7.73. The fraction of sp³-hybridized carbons (Fsp3) is 0.219. The normalized spacial score (nSPS) is 17.5. The maximum Gasteiger partial charge on any atom is 0.421 e. The van der Waals surface area contributed by atoms with Gasteiger partial charge in [-0.3, -0.25) is 4.98 Å². The van der Waals surface area contributed by atoms with E-state index in [0.29, 0.717) is 23.4 Å². The van der Waals surface area contributed by atoms with Gasteiger partial charge < -0.3 is 14.6 Å². The molecule has 3 heterocycles. The zero-order valence-electron chi connectivity index (χ0n) is 23.3. The maximum absolute atomic E-state index is 13.6. The van der Waals surface area contributed by atoms with Crippen molar-refractivity contribution in [2.24, 2.45) is 5.14 Å². The van der Waals surface area contributed by atoms with Gasteiger partial charge in [0.2, 0.25) is 10.0 Å². The van der Waals surface area contributed by atoms with Crippen LogP contribution in [0.15, 0.2) is 96.0 Å². The SMILES string of the molecule is CC(O)(c1ccnc(-c2cccc3cc([C@H](c4ccccc4)C4CCOc5cc(S(N)(=O)=O)ccc5O4)sc23)c1)C(F)(F)F. The quantitative estimate of drug-likeness (QED) is 0.213. The molecule has 0 fully saturated rings. The van der Waals surface area contributed by atoms with Crippen LogP contribution in [0.2, 0.25) is 0 Å². The molecule has 0 spiro atoms. The van der Waals surface area contributed by atoms with Crippen molar-refractivity contribution in [1.82, 2.24) is 4.98 Å². The first-order valence-electron chi connectivity index (χ1n) is 13.6. The molecule has 1 aliphatic heterocycles. The van der Waals surface area contributed by atoms with Crippen LogP contribution in [-0.4, -0.2) is 37.4 Å². The third kappa shape index (κ3) is 5.65. The Bertz CT molecular complexity index is 1940. The van der Waals surface area contributed by atoms with Gasteiger partial charge in [0.1, 0.15) is 6.10 Å². The Kier molecular flexibility index (Phi) is 7.65. The molecule has 0 saturated heterocycles. The summed E-state index contributed by atoms with van der Waals surface area (Å²) in [4.78, 5) is 5.23. The largest absolute Gasteiger partial charge is 0.490 e. The lowest BCUT2D eigenvalue weighted by Gasteiger charge is -2.26. The topological polar surface area (TPSA) is 112 Å². The van der Waals surface area contributed by atoms with Crippen molar-refractivity contribution >= 4 is 31.4 Å². The highest BCUT2D eigenvalue weighted by molar-refractivity contribution is 7.89. The molecule has 6 rings (SSSR count). The van der Waals surface area contributed by atoms with E-state index in [2.05, 4.69) is 4.98 Å². The van der Waals surface area contributed by atoms with E-state index in [1.165, 1.54) is 41.8 Å². The van der Waals surface area contributed by atoms with Gasteiger partial charge in [0, 0.05) is 33.8 Å². The lowest BCUT2D eigenvalue weighted by Crippen LogP contribution is -2.39. The number of thiophene rings is 1. The van der Waals surface area contributed by atoms with Crippen LogP contribution in [0.25, 0.3) is 21.3 Å². The summed E-state index contributed by atoms with van der Waals surface area (Å²) in [7, 11) is -3.93. The summed E-state index contributed by atoms with van der Waals surface area (Å²) in [6, 6.07) is 24.1. The van der Waals surface area contributed by atoms with Crippen molar-refractivity contribution in [3.63, 3.8) is 0 Å². The fourth-order valence-electron chi connectivity index (χ4n) is 5.32. The van der Waals surface area contributed by atoms with Gasteiger partial charge in [0.15, 0.2) is 17.1 Å². The molecule has 3 N–H and O–H groups in total. The van der Waals surface area contributed by atoms with Crippen LogP contribution in [-0.2, 0) is 15.6 Å². The number of nitrogens with two attached hydrogens (primary N) is 1. The Balaban J connectivity index is 1.43. The second-order valence-electron chi connectivity index (χ2n) is 10.7. The first-order valence-corrected chi connectivity index (χ1v) is 16.0. The molecule has 2 aromatic heterocycles. The molecule has 0 aliphatic carbocycles. The Hall–Kier alpha value is -3.97. The Labute approximate surface area is 255 Å². The van der Waals surface area contributed by atoms with Crippen molar-refractivity contribution in [3.05, 3.63) is 107 Å². The van der Waals surface area contributed by atoms with Crippen molar-refractivity contribution in [3.8, 4) is 22.8 Å². The van der Waals surface area contributed by atoms with E-state index in [1.807, 2.05) is 48.5 Å². The minimum Gasteiger partial charge on any atom is -0.490 e. The van der Waals surface area contributed by atoms with Gasteiger partial charge in [-0.25, -0.2) is 13.6 Å². The summed E-state index contributed by atoms with van der Waals surface area (Å²) in [6.07, 6.45) is -3.52. The van der Waals surface area contributed by atoms with Crippen molar-refractivity contribution < 1.29 is 36.2 Å². The highest BCUT2D eigenvalue weighted by Crippen LogP contribution is 2.45. The molecule has 0 bridgehead atoms. The van der Waals surface area contributed by atoms with Crippen molar-refractivity contribution in [2.75, 3.05) is 6.61 Å². The number of sulfonamides is 1. The average molecular weight is 641 g/mol. The van der Waals surface area contributed by atoms with Gasteiger partial charge in [-0.05, 0) is 53.8 Å². The predicted octanol–water partition coefficient (Wildman–Crippen LogP) is 6.74. The smallest absolute Gasteiger partial charge is 0.421 e. The van der Waals surface area contributed by atoms with Crippen LogP contribution >= 0.6 is 11.3 Å². The van der Waals surface area contributed by atoms with Crippen LogP contribution in [0.5, 0.6) is 11.5 Å². The third-order valence-corrected chi connectivity index (χ3v) is 9.91. The molecule has 3 aromatic carbocycles. The molecule has 5 aromatic rings. The number of pyridine rings is 1. The molecule has 0 radical (unpaired) electrons. The minimum atomic E-state index is -4.86. The molecular formula is C32H27F3N2O5S2. The molecule has 228 valence electrons. The van der Waals surface area contributed by atoms with Crippen molar-refractivity contribution in [1.29, 1.82) is 0 Å². The number of aromatic nitrogens is 1. The lowest BCUT2D eigenvalue weighted by molar-refractivity contribution is -0.258. The van der Waals surface area contributed by atoms with E-state index in [0.717, 1.165) is 33.5 Å². The molecule has 0 saturated carbocycles.